The molecule has 0 saturated heterocycles. The maximum atomic E-state index is 12.9. The van der Waals surface area contributed by atoms with Gasteiger partial charge in [-0.05, 0) is 30.3 Å². The Morgan fingerprint density at radius 3 is 2.59 bits per heavy atom. The summed E-state index contributed by atoms with van der Waals surface area (Å²) in [6, 6.07) is 15.0. The van der Waals surface area contributed by atoms with Gasteiger partial charge in [0.1, 0.15) is 23.7 Å². The summed E-state index contributed by atoms with van der Waals surface area (Å²) in [5.41, 5.74) is 1.25. The summed E-state index contributed by atoms with van der Waals surface area (Å²) in [5.74, 6) is 1.92. The number of para-hydroxylation sites is 1. The maximum Gasteiger partial charge on any atom is 0.277 e. The van der Waals surface area contributed by atoms with Gasteiger partial charge in [-0.2, -0.15) is 5.10 Å². The van der Waals surface area contributed by atoms with E-state index in [1.165, 1.54) is 0 Å². The highest BCUT2D eigenvalue weighted by atomic mass is 16.5. The zero-order chi connectivity index (χ0) is 18.8. The van der Waals surface area contributed by atoms with E-state index in [1.807, 2.05) is 61.5 Å². The zero-order valence-electron chi connectivity index (χ0n) is 15.2. The average Bonchev–Trinajstić information content (AvgIpc) is 3.12. The van der Waals surface area contributed by atoms with E-state index in [4.69, 9.17) is 4.74 Å². The summed E-state index contributed by atoms with van der Waals surface area (Å²) in [6.07, 6.45) is 0. The zero-order valence-corrected chi connectivity index (χ0v) is 15.2. The number of aromatic nitrogens is 4. The predicted octanol–water partition coefficient (Wildman–Crippen LogP) is 1.98. The Hall–Kier alpha value is -3.42. The first-order chi connectivity index (χ1) is 13.1. The highest BCUT2D eigenvalue weighted by Gasteiger charge is 2.28. The van der Waals surface area contributed by atoms with Crippen LogP contribution >= 0.6 is 0 Å². The second-order valence-electron chi connectivity index (χ2n) is 6.45. The Morgan fingerprint density at radius 2 is 1.89 bits per heavy atom. The van der Waals surface area contributed by atoms with Crippen LogP contribution in [0.1, 0.15) is 16.2 Å². The van der Waals surface area contributed by atoms with Crippen molar-refractivity contribution in [2.75, 3.05) is 30.4 Å². The molecule has 8 heteroatoms. The molecule has 138 valence electrons. The molecule has 8 nitrogen and oxygen atoms in total. The molecule has 3 aromatic rings. The van der Waals surface area contributed by atoms with Crippen molar-refractivity contribution in [3.8, 4) is 5.75 Å². The van der Waals surface area contributed by atoms with Crippen LogP contribution in [0.2, 0.25) is 0 Å². The number of hydrogen-bond donors (Lipinski definition) is 0. The quantitative estimate of drug-likeness (QED) is 0.689. The molecule has 0 fully saturated rings. The fraction of sp³-hybridized carbons (Fsp3) is 0.263. The fourth-order valence-corrected chi connectivity index (χ4v) is 2.91. The van der Waals surface area contributed by atoms with Gasteiger partial charge < -0.3 is 9.64 Å². The van der Waals surface area contributed by atoms with Crippen molar-refractivity contribution in [1.29, 1.82) is 0 Å². The lowest BCUT2D eigenvalue weighted by Gasteiger charge is -2.26. The first kappa shape index (κ1) is 17.0. The van der Waals surface area contributed by atoms with Gasteiger partial charge >= 0.3 is 0 Å². The van der Waals surface area contributed by atoms with E-state index in [2.05, 4.69) is 15.3 Å². The van der Waals surface area contributed by atoms with Crippen molar-refractivity contribution in [2.45, 2.75) is 13.2 Å². The number of carbonyl (C=O) groups excluding carboxylic acids is 1. The summed E-state index contributed by atoms with van der Waals surface area (Å²) in [4.78, 5) is 16.4. The molecule has 1 aromatic carbocycles. The Morgan fingerprint density at radius 1 is 1.07 bits per heavy atom. The van der Waals surface area contributed by atoms with E-state index >= 15 is 0 Å². The van der Waals surface area contributed by atoms with E-state index in [0.717, 1.165) is 17.3 Å². The standard InChI is InChI=1S/C19H20N6O2/c1-23(2)17-8-9-18(21-20-17)24-10-11-25-16(19(24)26)12-14(22-25)13-27-15-6-4-3-5-7-15/h3-9,12H,10-11,13H2,1-2H3. The van der Waals surface area contributed by atoms with Gasteiger partial charge in [0.25, 0.3) is 5.91 Å². The summed E-state index contributed by atoms with van der Waals surface area (Å²) in [6.45, 7) is 1.42. The first-order valence-electron chi connectivity index (χ1n) is 8.69. The van der Waals surface area contributed by atoms with Crippen molar-refractivity contribution in [2.24, 2.45) is 0 Å². The molecule has 3 heterocycles. The number of amides is 1. The summed E-state index contributed by atoms with van der Waals surface area (Å²) in [5, 5.41) is 12.8. The number of nitrogens with zero attached hydrogens (tertiary/aromatic N) is 6. The van der Waals surface area contributed by atoms with Gasteiger partial charge in [-0.15, -0.1) is 10.2 Å². The smallest absolute Gasteiger partial charge is 0.277 e. The molecule has 0 radical (unpaired) electrons. The molecule has 1 aliphatic heterocycles. The van der Waals surface area contributed by atoms with Crippen LogP contribution in [0.15, 0.2) is 48.5 Å². The number of carbonyl (C=O) groups is 1. The summed E-state index contributed by atoms with van der Waals surface area (Å²) < 4.78 is 7.45. The second kappa shape index (κ2) is 7.06. The van der Waals surface area contributed by atoms with Crippen LogP contribution < -0.4 is 14.5 Å². The van der Waals surface area contributed by atoms with Crippen molar-refractivity contribution < 1.29 is 9.53 Å². The highest BCUT2D eigenvalue weighted by molar-refractivity contribution is 6.05. The van der Waals surface area contributed by atoms with Crippen molar-refractivity contribution >= 4 is 17.5 Å². The molecule has 1 aliphatic rings. The number of ether oxygens (including phenoxy) is 1. The molecule has 2 aromatic heterocycles. The molecular formula is C19H20N6O2. The van der Waals surface area contributed by atoms with Crippen LogP contribution in [0, 0.1) is 0 Å². The largest absolute Gasteiger partial charge is 0.487 e. The van der Waals surface area contributed by atoms with Gasteiger partial charge in [-0.1, -0.05) is 18.2 Å². The summed E-state index contributed by atoms with van der Waals surface area (Å²) >= 11 is 0. The molecule has 0 aliphatic carbocycles. The number of fused-ring (bicyclic) bond motifs is 1. The van der Waals surface area contributed by atoms with Gasteiger partial charge in [0.2, 0.25) is 0 Å². The Balaban J connectivity index is 1.49. The Labute approximate surface area is 157 Å². The maximum absolute atomic E-state index is 12.9. The van der Waals surface area contributed by atoms with Crippen LogP contribution in [-0.2, 0) is 13.2 Å². The monoisotopic (exact) mass is 364 g/mol. The van der Waals surface area contributed by atoms with E-state index in [-0.39, 0.29) is 5.91 Å². The molecule has 0 N–H and O–H groups in total. The van der Waals surface area contributed by atoms with E-state index in [9.17, 15) is 4.79 Å². The fourth-order valence-electron chi connectivity index (χ4n) is 2.91. The molecular weight excluding hydrogens is 344 g/mol. The number of rotatable bonds is 5. The third-order valence-electron chi connectivity index (χ3n) is 4.33. The molecule has 0 bridgehead atoms. The number of benzene rings is 1. The molecule has 0 unspecified atom stereocenters. The van der Waals surface area contributed by atoms with Gasteiger partial charge in [0.15, 0.2) is 11.6 Å². The van der Waals surface area contributed by atoms with Crippen LogP contribution in [0.4, 0.5) is 11.6 Å². The number of anilines is 2. The van der Waals surface area contributed by atoms with E-state index in [1.54, 1.807) is 15.6 Å². The molecule has 0 saturated carbocycles. The van der Waals surface area contributed by atoms with Crippen LogP contribution in [0.3, 0.4) is 0 Å². The third-order valence-corrected chi connectivity index (χ3v) is 4.33. The van der Waals surface area contributed by atoms with Crippen molar-refractivity contribution in [3.63, 3.8) is 0 Å². The summed E-state index contributed by atoms with van der Waals surface area (Å²) in [7, 11) is 3.79. The SMILES string of the molecule is CN(C)c1ccc(N2CCn3nc(COc4ccccc4)cc3C2=O)nn1. The number of hydrogen-bond acceptors (Lipinski definition) is 6. The van der Waals surface area contributed by atoms with Crippen molar-refractivity contribution in [3.05, 3.63) is 59.9 Å². The lowest BCUT2D eigenvalue weighted by molar-refractivity contribution is 0.0961. The van der Waals surface area contributed by atoms with Gasteiger partial charge in [0.05, 0.1) is 6.54 Å². The average molecular weight is 364 g/mol. The molecule has 1 amide bonds. The lowest BCUT2D eigenvalue weighted by Crippen LogP contribution is -2.41. The Kier molecular flexibility index (Phi) is 4.45. The normalized spacial score (nSPS) is 13.4. The minimum atomic E-state index is -0.133. The lowest BCUT2D eigenvalue weighted by atomic mass is 10.2. The van der Waals surface area contributed by atoms with Crippen molar-refractivity contribution in [1.82, 2.24) is 20.0 Å². The van der Waals surface area contributed by atoms with Crippen LogP contribution in [0.5, 0.6) is 5.75 Å². The van der Waals surface area contributed by atoms with E-state index in [0.29, 0.717) is 31.2 Å². The molecule has 4 rings (SSSR count). The first-order valence-corrected chi connectivity index (χ1v) is 8.69. The Bertz CT molecular complexity index is 937. The van der Waals surface area contributed by atoms with Gasteiger partial charge in [-0.25, -0.2) is 0 Å². The topological polar surface area (TPSA) is 76.4 Å². The van der Waals surface area contributed by atoms with Crippen LogP contribution in [0.25, 0.3) is 0 Å². The van der Waals surface area contributed by atoms with Gasteiger partial charge in [-0.3, -0.25) is 14.4 Å². The molecule has 27 heavy (non-hydrogen) atoms. The molecule has 0 atom stereocenters. The third kappa shape index (κ3) is 3.46. The second-order valence-corrected chi connectivity index (χ2v) is 6.45. The van der Waals surface area contributed by atoms with E-state index < -0.39 is 0 Å². The minimum Gasteiger partial charge on any atom is -0.487 e. The molecule has 0 spiro atoms. The van der Waals surface area contributed by atoms with Crippen LogP contribution in [-0.4, -0.2) is 46.5 Å². The predicted molar refractivity (Wildman–Crippen MR) is 101 cm³/mol. The van der Waals surface area contributed by atoms with Gasteiger partial charge in [0, 0.05) is 20.6 Å². The highest BCUT2D eigenvalue weighted by Crippen LogP contribution is 2.21. The minimum absolute atomic E-state index is 0.133.